The molecule has 0 saturated carbocycles. The Morgan fingerprint density at radius 3 is 0.820 bits per heavy atom. The van der Waals surface area contributed by atoms with Crippen molar-refractivity contribution >= 4 is 162 Å². The second kappa shape index (κ2) is 22.4. The van der Waals surface area contributed by atoms with Crippen LogP contribution >= 0.6 is 0 Å². The van der Waals surface area contributed by atoms with Crippen molar-refractivity contribution in [3.05, 3.63) is 276 Å². The molecule has 12 aromatic carbocycles. The summed E-state index contributed by atoms with van der Waals surface area (Å²) in [5.74, 6) is 6.52. The minimum absolute atomic E-state index is 0. The average Bonchev–Trinajstić information content (AvgIpc) is 1.55. The van der Waals surface area contributed by atoms with Crippen LogP contribution in [0.2, 0.25) is 0 Å². The van der Waals surface area contributed by atoms with Crippen molar-refractivity contribution in [3.8, 4) is 45.6 Å². The van der Waals surface area contributed by atoms with Gasteiger partial charge in [-0.1, -0.05) is 97.1 Å². The molecule has 17 aromatic rings. The number of hydrogen-bond donors (Lipinski definition) is 0. The first kappa shape index (κ1) is 59.0. The Hall–Kier alpha value is -12.3. The van der Waals surface area contributed by atoms with E-state index in [0.29, 0.717) is 69.2 Å². The molecule has 23 rings (SSSR count). The standard InChI is InChI=1S/C48H24N8.C32H16N8.Ga.2H2O.Ti/c1-2-10-26-18-34-33(17-25(26)9-1)41-49-42(34)54-44-37-21-29-13-5-6-14-30(29)22-38(37)46(51-44)56-48-40-24-32-16-8-7-15-31(32)23-39(40)47(52-48)55-45-36-20-28-12-4-3-11-27(28)19-35(36)43(50-45)53-41;1-2-10-18-17(9-1)25-33-26(18)38-28-21-13-5-6-14-22(21)30(35-28)40-32-24-16-8-7-15-23(24)31(36-32)39-29-20-12-4-3-11-19(20)27(34-29)37-25;;;;/h1-24H;1-16H;;2*1H2;/q2*-2;+2;;;+2/p-1. The molecule has 463 valence electrons. The van der Waals surface area contributed by atoms with Gasteiger partial charge in [-0.3, -0.25) is 0 Å². The van der Waals surface area contributed by atoms with Gasteiger partial charge in [-0.25, -0.2) is 9.97 Å². The second-order valence-electron chi connectivity index (χ2n) is 24.8. The number of benzene rings is 12. The molecule has 3 N–H and O–H groups in total. The van der Waals surface area contributed by atoms with Crippen molar-refractivity contribution in [3.63, 3.8) is 0 Å². The summed E-state index contributed by atoms with van der Waals surface area (Å²) < 4.78 is 4.76. The van der Waals surface area contributed by atoms with Gasteiger partial charge in [-0.05, 0) is 21.5 Å². The number of nitrogens with zero attached hydrogens (tertiary/aromatic N) is 16. The Bertz CT molecular complexity index is 6460. The van der Waals surface area contributed by atoms with Crippen LogP contribution in [0, 0.1) is 0 Å². The Morgan fingerprint density at radius 1 is 0.250 bits per heavy atom. The molecule has 1 radical (unpaired) electrons. The molecule has 0 unspecified atom stereocenters. The Balaban J connectivity index is 0.000000143. The maximum atomic E-state index is 5.56. The van der Waals surface area contributed by atoms with Crippen molar-refractivity contribution in [2.24, 2.45) is 30.0 Å². The van der Waals surface area contributed by atoms with Crippen molar-refractivity contribution in [1.82, 2.24) is 46.4 Å². The van der Waals surface area contributed by atoms with Gasteiger partial charge in [-0.15, -0.1) is 0 Å². The van der Waals surface area contributed by atoms with Crippen molar-refractivity contribution in [2.45, 2.75) is 0 Å². The summed E-state index contributed by atoms with van der Waals surface area (Å²) in [6, 6.07) is 83.8. The zero-order valence-corrected chi connectivity index (χ0v) is 56.3. The van der Waals surface area contributed by atoms with Crippen LogP contribution in [0.15, 0.2) is 273 Å². The second-order valence-corrected chi connectivity index (χ2v) is 27.4. The summed E-state index contributed by atoms with van der Waals surface area (Å²) >= 11 is -1.77. The van der Waals surface area contributed by atoms with Gasteiger partial charge in [0.05, 0.1) is 23.3 Å². The minimum atomic E-state index is -1.77. The van der Waals surface area contributed by atoms with E-state index in [-0.39, 0.29) is 32.7 Å². The van der Waals surface area contributed by atoms with Gasteiger partial charge < -0.3 is 40.9 Å². The number of hydrogen-bond acceptors (Lipinski definition) is 13. The van der Waals surface area contributed by atoms with Gasteiger partial charge in [-0.2, -0.15) is 0 Å². The fourth-order valence-corrected chi connectivity index (χ4v) is 17.6. The van der Waals surface area contributed by atoms with E-state index in [1.54, 1.807) is 0 Å². The Labute approximate surface area is 587 Å². The van der Waals surface area contributed by atoms with E-state index in [1.165, 1.54) is 0 Å². The fourth-order valence-electron chi connectivity index (χ4n) is 14.6. The summed E-state index contributed by atoms with van der Waals surface area (Å²) in [4.78, 5) is 72.1. The number of amidine groups is 4. The Kier molecular flexibility index (Phi) is 13.2. The summed E-state index contributed by atoms with van der Waals surface area (Å²) in [5, 5.41) is 16.8. The molecular formula is C80H43GaN16O2Ti-. The fraction of sp³-hybridized carbons (Fsp3) is 0. The zero-order chi connectivity index (χ0) is 63.1. The van der Waals surface area contributed by atoms with E-state index in [2.05, 4.69) is 152 Å². The van der Waals surface area contributed by atoms with Crippen LogP contribution in [0.4, 0.5) is 11.6 Å². The molecule has 20 heteroatoms. The first-order valence-corrected chi connectivity index (χ1v) is 34.1. The number of aliphatic imine (C=N–C) groups is 4. The van der Waals surface area contributed by atoms with Gasteiger partial charge in [0.1, 0.15) is 0 Å². The molecule has 11 heterocycles. The van der Waals surface area contributed by atoms with Gasteiger partial charge in [0.25, 0.3) is 0 Å². The molecule has 18 nitrogen and oxygen atoms in total. The summed E-state index contributed by atoms with van der Waals surface area (Å²) in [7, 11) is 0. The van der Waals surface area contributed by atoms with E-state index < -0.39 is 17.9 Å². The summed E-state index contributed by atoms with van der Waals surface area (Å²) in [6.45, 7) is 0. The molecule has 0 atom stereocenters. The number of rotatable bonds is 0. The predicted molar refractivity (Wildman–Crippen MR) is 391 cm³/mol. The molecule has 6 aliphatic rings. The molecule has 14 bridgehead atoms. The molecule has 0 fully saturated rings. The van der Waals surface area contributed by atoms with Crippen LogP contribution < -0.4 is 20.9 Å². The van der Waals surface area contributed by atoms with E-state index in [4.69, 9.17) is 69.8 Å². The number of fused-ring (bicyclic) bond motifs is 38. The summed E-state index contributed by atoms with van der Waals surface area (Å²) in [5.41, 5.74) is 11.4. The predicted octanol–water partition coefficient (Wildman–Crippen LogP) is 14.2. The molecule has 0 spiro atoms. The van der Waals surface area contributed by atoms with Crippen LogP contribution in [0.25, 0.3) is 154 Å². The topological polar surface area (TPSA) is 251 Å². The molecule has 6 aliphatic heterocycles. The van der Waals surface area contributed by atoms with Crippen molar-refractivity contribution < 1.29 is 32.7 Å². The van der Waals surface area contributed by atoms with Crippen LogP contribution in [-0.2, 0) is 21.7 Å². The van der Waals surface area contributed by atoms with Gasteiger partial charge in [0, 0.05) is 44.8 Å². The molecule has 0 aliphatic carbocycles. The third-order valence-corrected chi connectivity index (χ3v) is 22.2. The summed E-state index contributed by atoms with van der Waals surface area (Å²) in [6.07, 6.45) is 0. The van der Waals surface area contributed by atoms with Crippen LogP contribution in [0.1, 0.15) is 22.3 Å². The third kappa shape index (κ3) is 8.83. The Morgan fingerprint density at radius 2 is 0.510 bits per heavy atom. The van der Waals surface area contributed by atoms with E-state index in [9.17, 15) is 0 Å². The molecular weight excluding hydrogens is 1330 g/mol. The zero-order valence-electron chi connectivity index (χ0n) is 52.3. The van der Waals surface area contributed by atoms with Crippen molar-refractivity contribution in [2.75, 3.05) is 0 Å². The molecule has 100 heavy (non-hydrogen) atoms. The maximum absolute atomic E-state index is 5.56. The molecule has 0 saturated heterocycles. The van der Waals surface area contributed by atoms with Gasteiger partial charge in [0.2, 0.25) is 0 Å². The molecule has 5 aromatic heterocycles. The SMILES string of the molecule is O.[OH-].[Ti+2].c1ccc2c(c1)-c1nc-2nc2[n-]c(nc3nc(nc4[n-]c(n1)c1ccccc41)-c1ccccc1-3)c1ccccc21.c1ccc2cc3c(cc2c1)C1=NC3=Nc2c3cc4ccccc4cc3c3[n]2[Ga][n]2c(c4cc5ccccc5cc4c2=NC2=NC(=N3)c3cc4ccccc4cc32)=N1. The van der Waals surface area contributed by atoms with Gasteiger partial charge >= 0.3 is 355 Å². The normalized spacial score (nSPS) is 13.2. The quantitative estimate of drug-likeness (QED) is 0.131. The number of aromatic nitrogens is 10. The van der Waals surface area contributed by atoms with Gasteiger partial charge in [0.15, 0.2) is 0 Å². The first-order valence-electron chi connectivity index (χ1n) is 31.9. The molecule has 0 amide bonds. The first-order chi connectivity index (χ1) is 48.0. The van der Waals surface area contributed by atoms with E-state index >= 15 is 0 Å². The van der Waals surface area contributed by atoms with E-state index in [0.717, 1.165) is 153 Å². The van der Waals surface area contributed by atoms with E-state index in [1.807, 2.05) is 97.1 Å². The average molecular weight is 1380 g/mol. The third-order valence-electron chi connectivity index (χ3n) is 19.2. The van der Waals surface area contributed by atoms with Crippen LogP contribution in [-0.4, -0.2) is 88.6 Å². The van der Waals surface area contributed by atoms with Crippen molar-refractivity contribution in [1.29, 1.82) is 0 Å². The van der Waals surface area contributed by atoms with Crippen LogP contribution in [0.3, 0.4) is 0 Å². The van der Waals surface area contributed by atoms with Crippen LogP contribution in [0.5, 0.6) is 0 Å². The monoisotopic (exact) mass is 1380 g/mol.